The first-order valence-electron chi connectivity index (χ1n) is 20.0. The summed E-state index contributed by atoms with van der Waals surface area (Å²) in [4.78, 5) is 0. The van der Waals surface area contributed by atoms with Crippen LogP contribution < -0.4 is 0 Å². The van der Waals surface area contributed by atoms with E-state index in [0.717, 1.165) is 30.6 Å². The molecule has 7 aromatic rings. The van der Waals surface area contributed by atoms with E-state index in [4.69, 9.17) is 4.42 Å². The van der Waals surface area contributed by atoms with Gasteiger partial charge in [0.1, 0.15) is 11.3 Å². The molecular formula is C54H42O. The first kappa shape index (κ1) is 32.3. The fourth-order valence-electron chi connectivity index (χ4n) is 9.89. The summed E-state index contributed by atoms with van der Waals surface area (Å²) < 4.78 is 6.73. The zero-order chi connectivity index (χ0) is 36.3. The zero-order valence-corrected chi connectivity index (χ0v) is 30.8. The summed E-state index contributed by atoms with van der Waals surface area (Å²) in [5, 5.41) is 3.84. The van der Waals surface area contributed by atoms with Crippen LogP contribution in [0.15, 0.2) is 198 Å². The first-order valence-corrected chi connectivity index (χ1v) is 20.0. The van der Waals surface area contributed by atoms with Crippen molar-refractivity contribution < 1.29 is 4.42 Å². The van der Waals surface area contributed by atoms with Crippen molar-refractivity contribution in [1.82, 2.24) is 0 Å². The van der Waals surface area contributed by atoms with Crippen LogP contribution in [0.25, 0.3) is 49.8 Å². The molecule has 0 saturated carbocycles. The van der Waals surface area contributed by atoms with E-state index in [1.165, 1.54) is 71.8 Å². The van der Waals surface area contributed by atoms with Crippen LogP contribution >= 0.6 is 0 Å². The van der Waals surface area contributed by atoms with Crippen molar-refractivity contribution in [3.63, 3.8) is 0 Å². The van der Waals surface area contributed by atoms with Gasteiger partial charge in [-0.15, -0.1) is 0 Å². The van der Waals surface area contributed by atoms with Gasteiger partial charge in [0.15, 0.2) is 0 Å². The molecule has 0 amide bonds. The maximum Gasteiger partial charge on any atom is 0.138 e. The molecule has 0 spiro atoms. The summed E-state index contributed by atoms with van der Waals surface area (Å²) in [6, 6.07) is 51.6. The topological polar surface area (TPSA) is 13.1 Å². The predicted octanol–water partition coefficient (Wildman–Crippen LogP) is 14.0. The molecule has 4 aliphatic rings. The second kappa shape index (κ2) is 13.3. The highest BCUT2D eigenvalue weighted by Crippen LogP contribution is 2.49. The van der Waals surface area contributed by atoms with Crippen molar-refractivity contribution in [3.05, 3.63) is 222 Å². The Balaban J connectivity index is 0.997. The van der Waals surface area contributed by atoms with Crippen molar-refractivity contribution in [2.75, 3.05) is 0 Å². The molecule has 5 unspecified atom stereocenters. The van der Waals surface area contributed by atoms with E-state index >= 15 is 0 Å². The fraction of sp³-hybridized carbons (Fsp3) is 0.148. The third-order valence-electron chi connectivity index (χ3n) is 12.7. The molecule has 0 radical (unpaired) electrons. The van der Waals surface area contributed by atoms with E-state index in [0.29, 0.717) is 29.6 Å². The quantitative estimate of drug-likeness (QED) is 0.174. The molecule has 11 rings (SSSR count). The standard InChI is InChI=1S/C54H42O/c1-3-11-35(12-4-1)39-21-22-41-29-43(24-23-40(41)28-39)46-30-45(42-20-19-36-13-7-8-16-38(36)27-42)31-47(32-46)44-25-26-53-51(33-44)52-34-50(37-14-5-2-6-15-37)48-17-9-10-18-49(48)54(52)55-53/h1-29,32-33,36,38,45-46,50H,30-31,34H2. The van der Waals surface area contributed by atoms with Crippen molar-refractivity contribution in [1.29, 1.82) is 0 Å². The lowest BCUT2D eigenvalue weighted by molar-refractivity contribution is 0.516. The maximum atomic E-state index is 6.73. The summed E-state index contributed by atoms with van der Waals surface area (Å²) in [5.74, 6) is 2.98. The molecule has 6 aromatic carbocycles. The Hall–Kier alpha value is -6.18. The predicted molar refractivity (Wildman–Crippen MR) is 229 cm³/mol. The lowest BCUT2D eigenvalue weighted by atomic mass is 9.71. The van der Waals surface area contributed by atoms with E-state index in [-0.39, 0.29) is 0 Å². The van der Waals surface area contributed by atoms with Crippen molar-refractivity contribution >= 4 is 27.3 Å². The molecule has 0 saturated heterocycles. The Labute approximate surface area is 323 Å². The number of hydrogen-bond acceptors (Lipinski definition) is 1. The summed E-state index contributed by atoms with van der Waals surface area (Å²) in [5.41, 5.74) is 14.4. The number of rotatable bonds is 5. The second-order valence-electron chi connectivity index (χ2n) is 15.9. The van der Waals surface area contributed by atoms with E-state index in [1.54, 1.807) is 0 Å². The average molecular weight is 707 g/mol. The fourth-order valence-corrected chi connectivity index (χ4v) is 9.89. The molecule has 0 aliphatic heterocycles. The maximum absolute atomic E-state index is 6.73. The van der Waals surface area contributed by atoms with E-state index < -0.39 is 0 Å². The van der Waals surface area contributed by atoms with Gasteiger partial charge in [-0.25, -0.2) is 0 Å². The van der Waals surface area contributed by atoms with Crippen LogP contribution in [0.3, 0.4) is 0 Å². The molecule has 1 heterocycles. The first-order chi connectivity index (χ1) is 27.2. The molecule has 4 aliphatic carbocycles. The Bertz CT molecular complexity index is 2750. The molecule has 55 heavy (non-hydrogen) atoms. The van der Waals surface area contributed by atoms with Crippen molar-refractivity contribution in [2.45, 2.75) is 31.1 Å². The number of fused-ring (bicyclic) bond motifs is 7. The van der Waals surface area contributed by atoms with Gasteiger partial charge in [-0.1, -0.05) is 170 Å². The highest BCUT2D eigenvalue weighted by Gasteiger charge is 2.32. The van der Waals surface area contributed by atoms with Crippen molar-refractivity contribution in [3.8, 4) is 22.5 Å². The smallest absolute Gasteiger partial charge is 0.138 e. The molecule has 0 fully saturated rings. The summed E-state index contributed by atoms with van der Waals surface area (Å²) in [7, 11) is 0. The molecule has 1 aromatic heterocycles. The van der Waals surface area contributed by atoms with E-state index in [2.05, 4.69) is 188 Å². The normalized spacial score (nSPS) is 22.5. The minimum absolute atomic E-state index is 0.297. The number of benzene rings is 6. The molecule has 264 valence electrons. The van der Waals surface area contributed by atoms with Gasteiger partial charge in [-0.05, 0) is 98.7 Å². The zero-order valence-electron chi connectivity index (χ0n) is 30.8. The van der Waals surface area contributed by atoms with Gasteiger partial charge in [0, 0.05) is 40.2 Å². The molecule has 0 bridgehead atoms. The average Bonchev–Trinajstić information content (AvgIpc) is 3.64. The Morgan fingerprint density at radius 1 is 0.545 bits per heavy atom. The van der Waals surface area contributed by atoms with Gasteiger partial charge in [0.2, 0.25) is 0 Å². The van der Waals surface area contributed by atoms with Crippen LogP contribution in [-0.4, -0.2) is 0 Å². The number of allylic oxidation sites excluding steroid dienone is 10. The summed E-state index contributed by atoms with van der Waals surface area (Å²) in [6.07, 6.45) is 22.2. The van der Waals surface area contributed by atoms with Gasteiger partial charge in [0.05, 0.1) is 0 Å². The van der Waals surface area contributed by atoms with Gasteiger partial charge in [-0.2, -0.15) is 0 Å². The minimum Gasteiger partial charge on any atom is -0.456 e. The third kappa shape index (κ3) is 5.78. The van der Waals surface area contributed by atoms with E-state index in [1.807, 2.05) is 0 Å². The molecule has 0 N–H and O–H groups in total. The molecule has 5 atom stereocenters. The van der Waals surface area contributed by atoms with Crippen LogP contribution in [0.1, 0.15) is 52.5 Å². The summed E-state index contributed by atoms with van der Waals surface area (Å²) in [6.45, 7) is 0. The highest BCUT2D eigenvalue weighted by molar-refractivity contribution is 5.93. The van der Waals surface area contributed by atoms with Gasteiger partial charge < -0.3 is 4.42 Å². The number of hydrogen-bond donors (Lipinski definition) is 0. The third-order valence-corrected chi connectivity index (χ3v) is 12.7. The van der Waals surface area contributed by atoms with Gasteiger partial charge in [-0.3, -0.25) is 0 Å². The molecule has 1 nitrogen and oxygen atoms in total. The van der Waals surface area contributed by atoms with Crippen molar-refractivity contribution in [2.24, 2.45) is 17.8 Å². The highest BCUT2D eigenvalue weighted by atomic mass is 16.3. The van der Waals surface area contributed by atoms with Crippen LogP contribution in [0.4, 0.5) is 0 Å². The largest absolute Gasteiger partial charge is 0.456 e. The lowest BCUT2D eigenvalue weighted by Crippen LogP contribution is -2.19. The van der Waals surface area contributed by atoms with Gasteiger partial charge >= 0.3 is 0 Å². The van der Waals surface area contributed by atoms with Crippen LogP contribution in [0.5, 0.6) is 0 Å². The lowest BCUT2D eigenvalue weighted by Gasteiger charge is -2.33. The van der Waals surface area contributed by atoms with E-state index in [9.17, 15) is 0 Å². The second-order valence-corrected chi connectivity index (χ2v) is 15.9. The minimum atomic E-state index is 0.297. The monoisotopic (exact) mass is 706 g/mol. The van der Waals surface area contributed by atoms with Crippen LogP contribution in [0.2, 0.25) is 0 Å². The molecular weight excluding hydrogens is 665 g/mol. The molecule has 1 heteroatoms. The number of furan rings is 1. The SMILES string of the molecule is C1=CC2C=CC(C3CC(c4ccc5oc6c(c5c4)CC(c4ccccc4)c4ccccc4-6)=CC(c4ccc5cc(-c6ccccc6)ccc5c4)C3)=CC2C=C1. The van der Waals surface area contributed by atoms with Crippen LogP contribution in [-0.2, 0) is 6.42 Å². The Morgan fingerprint density at radius 3 is 2.20 bits per heavy atom. The Kier molecular flexibility index (Phi) is 7.80. The van der Waals surface area contributed by atoms with Crippen LogP contribution in [0, 0.1) is 17.8 Å². The summed E-state index contributed by atoms with van der Waals surface area (Å²) >= 11 is 0. The van der Waals surface area contributed by atoms with Gasteiger partial charge in [0.25, 0.3) is 0 Å². The Morgan fingerprint density at radius 2 is 1.31 bits per heavy atom.